The number of aliphatic hydroxyl groups excluding tert-OH is 1. The summed E-state index contributed by atoms with van der Waals surface area (Å²) < 4.78 is 28.9. The van der Waals surface area contributed by atoms with E-state index >= 15 is 0 Å². The Bertz CT molecular complexity index is 819. The van der Waals surface area contributed by atoms with E-state index in [0.29, 0.717) is 11.1 Å². The molecule has 1 aliphatic heterocycles. The van der Waals surface area contributed by atoms with Gasteiger partial charge in [0, 0.05) is 17.7 Å². The predicted molar refractivity (Wildman–Crippen MR) is 82.0 cm³/mol. The summed E-state index contributed by atoms with van der Waals surface area (Å²) in [4.78, 5) is 13.4. The molecule has 3 rings (SSSR count). The molecule has 2 aromatic carbocycles. The lowest BCUT2D eigenvalue weighted by atomic mass is 10.1. The molecule has 0 aromatic heterocycles. The summed E-state index contributed by atoms with van der Waals surface area (Å²) in [6.45, 7) is -0.255. The van der Waals surface area contributed by atoms with Gasteiger partial charge in [-0.2, -0.15) is 8.42 Å². The molecule has 0 saturated heterocycles. The third kappa shape index (κ3) is 2.98. The Hall–Kier alpha value is -2.22. The standard InChI is InChI=1S/C16H15NO5S/c18-15-13-8-4-5-9-14(13)16(19)17(15)10-11-22-23(20,21)12-6-2-1-3-7-12/h1-9,15,18H,10-11H2. The molecule has 0 aliphatic carbocycles. The van der Waals surface area contributed by atoms with Crippen LogP contribution < -0.4 is 0 Å². The molecular weight excluding hydrogens is 318 g/mol. The van der Waals surface area contributed by atoms with Gasteiger partial charge in [-0.1, -0.05) is 36.4 Å². The second-order valence-corrected chi connectivity index (χ2v) is 6.66. The van der Waals surface area contributed by atoms with Gasteiger partial charge in [-0.3, -0.25) is 8.98 Å². The molecule has 120 valence electrons. The maximum atomic E-state index is 12.2. The van der Waals surface area contributed by atoms with Crippen molar-refractivity contribution in [2.75, 3.05) is 13.2 Å². The number of carbonyl (C=O) groups excluding carboxylic acids is 1. The van der Waals surface area contributed by atoms with Crippen LogP contribution in [0.25, 0.3) is 0 Å². The van der Waals surface area contributed by atoms with Crippen LogP contribution in [0.15, 0.2) is 59.5 Å². The number of benzene rings is 2. The Kier molecular flexibility index (Phi) is 4.16. The van der Waals surface area contributed by atoms with E-state index in [1.807, 2.05) is 0 Å². The van der Waals surface area contributed by atoms with Crippen LogP contribution in [-0.2, 0) is 14.3 Å². The number of nitrogens with zero attached hydrogens (tertiary/aromatic N) is 1. The molecule has 1 heterocycles. The lowest BCUT2D eigenvalue weighted by molar-refractivity contribution is 0.0126. The van der Waals surface area contributed by atoms with Crippen molar-refractivity contribution in [3.8, 4) is 0 Å². The minimum absolute atomic E-state index is 0.0270. The number of fused-ring (bicyclic) bond motifs is 1. The molecule has 6 nitrogen and oxygen atoms in total. The Morgan fingerprint density at radius 1 is 1.04 bits per heavy atom. The van der Waals surface area contributed by atoms with Gasteiger partial charge in [0.15, 0.2) is 6.23 Å². The Balaban J connectivity index is 1.65. The van der Waals surface area contributed by atoms with Crippen molar-refractivity contribution in [3.63, 3.8) is 0 Å². The van der Waals surface area contributed by atoms with Crippen LogP contribution in [0.1, 0.15) is 22.1 Å². The summed E-state index contributed by atoms with van der Waals surface area (Å²) in [5.74, 6) is -0.339. The highest BCUT2D eigenvalue weighted by Gasteiger charge is 2.34. The van der Waals surface area contributed by atoms with Crippen LogP contribution in [0.2, 0.25) is 0 Å². The summed E-state index contributed by atoms with van der Waals surface area (Å²) in [7, 11) is -3.87. The second-order valence-electron chi connectivity index (χ2n) is 5.05. The van der Waals surface area contributed by atoms with Crippen LogP contribution in [0.4, 0.5) is 0 Å². The number of carbonyl (C=O) groups is 1. The van der Waals surface area contributed by atoms with Crippen molar-refractivity contribution in [2.45, 2.75) is 11.1 Å². The van der Waals surface area contributed by atoms with E-state index in [0.717, 1.165) is 0 Å². The molecule has 2 aromatic rings. The SMILES string of the molecule is O=C1c2ccccc2C(O)N1CCOS(=O)(=O)c1ccccc1. The molecular formula is C16H15NO5S. The smallest absolute Gasteiger partial charge is 0.297 e. The van der Waals surface area contributed by atoms with Crippen molar-refractivity contribution >= 4 is 16.0 Å². The molecule has 1 aliphatic rings. The van der Waals surface area contributed by atoms with Crippen molar-refractivity contribution in [3.05, 3.63) is 65.7 Å². The molecule has 23 heavy (non-hydrogen) atoms. The number of hydrogen-bond donors (Lipinski definition) is 1. The topological polar surface area (TPSA) is 83.9 Å². The number of amides is 1. The van der Waals surface area contributed by atoms with Gasteiger partial charge in [0.05, 0.1) is 11.5 Å². The first-order valence-corrected chi connectivity index (χ1v) is 8.44. The van der Waals surface area contributed by atoms with Crippen LogP contribution in [-0.4, -0.2) is 37.5 Å². The van der Waals surface area contributed by atoms with E-state index in [9.17, 15) is 18.3 Å². The summed E-state index contributed by atoms with van der Waals surface area (Å²) >= 11 is 0. The van der Waals surface area contributed by atoms with E-state index in [-0.39, 0.29) is 24.0 Å². The molecule has 1 atom stereocenters. The van der Waals surface area contributed by atoms with E-state index in [1.165, 1.54) is 17.0 Å². The second kappa shape index (κ2) is 6.11. The van der Waals surface area contributed by atoms with Crippen molar-refractivity contribution in [2.24, 2.45) is 0 Å². The molecule has 1 unspecified atom stereocenters. The van der Waals surface area contributed by atoms with Gasteiger partial charge in [-0.05, 0) is 18.2 Å². The van der Waals surface area contributed by atoms with Gasteiger partial charge >= 0.3 is 0 Å². The van der Waals surface area contributed by atoms with Crippen LogP contribution in [0.3, 0.4) is 0 Å². The summed E-state index contributed by atoms with van der Waals surface area (Å²) in [6.07, 6.45) is -1.08. The number of hydrogen-bond acceptors (Lipinski definition) is 5. The molecule has 1 N–H and O–H groups in total. The summed E-state index contributed by atoms with van der Waals surface area (Å²) in [5, 5.41) is 10.2. The van der Waals surface area contributed by atoms with Gasteiger partial charge < -0.3 is 10.0 Å². The third-order valence-electron chi connectivity index (χ3n) is 3.63. The lowest BCUT2D eigenvalue weighted by Gasteiger charge is -2.20. The van der Waals surface area contributed by atoms with Crippen molar-refractivity contribution in [1.29, 1.82) is 0 Å². The highest BCUT2D eigenvalue weighted by Crippen LogP contribution is 2.30. The maximum absolute atomic E-state index is 12.2. The fourth-order valence-electron chi connectivity index (χ4n) is 2.47. The predicted octanol–water partition coefficient (Wildman–Crippen LogP) is 1.54. The minimum atomic E-state index is -3.87. The first-order valence-electron chi connectivity index (χ1n) is 7.03. The van der Waals surface area contributed by atoms with E-state index in [4.69, 9.17) is 4.18 Å². The van der Waals surface area contributed by atoms with Crippen LogP contribution >= 0.6 is 0 Å². The summed E-state index contributed by atoms with van der Waals surface area (Å²) in [6, 6.07) is 14.5. The Morgan fingerprint density at radius 3 is 2.39 bits per heavy atom. The molecule has 0 bridgehead atoms. The Morgan fingerprint density at radius 2 is 1.70 bits per heavy atom. The van der Waals surface area contributed by atoms with E-state index in [1.54, 1.807) is 42.5 Å². The molecule has 7 heteroatoms. The Labute approximate surface area is 134 Å². The fraction of sp³-hybridized carbons (Fsp3) is 0.188. The van der Waals surface area contributed by atoms with Gasteiger partial charge in [0.2, 0.25) is 0 Å². The molecule has 0 radical (unpaired) electrons. The average Bonchev–Trinajstić information content (AvgIpc) is 2.81. The highest BCUT2D eigenvalue weighted by atomic mass is 32.2. The van der Waals surface area contributed by atoms with Gasteiger partial charge in [-0.25, -0.2) is 0 Å². The van der Waals surface area contributed by atoms with Crippen molar-refractivity contribution < 1.29 is 22.5 Å². The zero-order valence-corrected chi connectivity index (χ0v) is 12.9. The first kappa shape index (κ1) is 15.7. The minimum Gasteiger partial charge on any atom is -0.369 e. The first-order chi connectivity index (χ1) is 11.0. The quantitative estimate of drug-likeness (QED) is 0.839. The van der Waals surface area contributed by atoms with E-state index in [2.05, 4.69) is 0 Å². The zero-order valence-electron chi connectivity index (χ0n) is 12.1. The monoisotopic (exact) mass is 333 g/mol. The van der Waals surface area contributed by atoms with Crippen molar-refractivity contribution in [1.82, 2.24) is 4.90 Å². The number of rotatable bonds is 5. The zero-order chi connectivity index (χ0) is 16.4. The largest absolute Gasteiger partial charge is 0.369 e. The molecule has 0 spiro atoms. The van der Waals surface area contributed by atoms with Gasteiger partial charge in [-0.15, -0.1) is 0 Å². The normalized spacial score (nSPS) is 17.3. The average molecular weight is 333 g/mol. The highest BCUT2D eigenvalue weighted by molar-refractivity contribution is 7.86. The molecule has 1 amide bonds. The molecule has 0 saturated carbocycles. The van der Waals surface area contributed by atoms with Crippen LogP contribution in [0, 0.1) is 0 Å². The molecule has 0 fully saturated rings. The lowest BCUT2D eigenvalue weighted by Crippen LogP contribution is -2.32. The third-order valence-corrected chi connectivity index (χ3v) is 4.95. The van der Waals surface area contributed by atoms with Gasteiger partial charge in [0.25, 0.3) is 16.0 Å². The number of aliphatic hydroxyl groups is 1. The maximum Gasteiger partial charge on any atom is 0.297 e. The fourth-order valence-corrected chi connectivity index (χ4v) is 3.40. The van der Waals surface area contributed by atoms with Gasteiger partial charge in [0.1, 0.15) is 0 Å². The summed E-state index contributed by atoms with van der Waals surface area (Å²) in [5.41, 5.74) is 0.939. The van der Waals surface area contributed by atoms with Crippen LogP contribution in [0.5, 0.6) is 0 Å². The van der Waals surface area contributed by atoms with E-state index < -0.39 is 16.3 Å².